The first kappa shape index (κ1) is 19.3. The molecule has 0 aliphatic carbocycles. The minimum absolute atomic E-state index is 0.00591. The van der Waals surface area contributed by atoms with E-state index in [1.54, 1.807) is 19.2 Å². The molecule has 1 amide bonds. The van der Waals surface area contributed by atoms with Crippen LogP contribution < -0.4 is 10.1 Å². The number of carbonyl (C=O) groups is 1. The number of ether oxygens (including phenoxy) is 1. The number of carbonyl (C=O) groups excluding carboxylic acids is 1. The Bertz CT molecular complexity index is 1110. The van der Waals surface area contributed by atoms with Crippen LogP contribution in [0.2, 0.25) is 5.02 Å². The number of hydrogen-bond donors (Lipinski definition) is 1. The maximum Gasteiger partial charge on any atom is 0.259 e. The number of amides is 1. The Hall–Kier alpha value is -2.49. The zero-order valence-corrected chi connectivity index (χ0v) is 16.7. The van der Waals surface area contributed by atoms with Crippen molar-refractivity contribution in [1.29, 1.82) is 0 Å². The van der Waals surface area contributed by atoms with Crippen molar-refractivity contribution in [2.75, 3.05) is 18.7 Å². The molecule has 3 rings (SSSR count). The SMILES string of the molecule is COc1cccc(-c2nsc(NC(=O)c3cc(S(C)(=O)=O)ccc3Cl)n2)c1. The van der Waals surface area contributed by atoms with Crippen molar-refractivity contribution < 1.29 is 17.9 Å². The van der Waals surface area contributed by atoms with Crippen LogP contribution in [0.25, 0.3) is 11.4 Å². The fraction of sp³-hybridized carbons (Fsp3) is 0.118. The standard InChI is InChI=1S/C17H14ClN3O4S2/c1-25-11-5-3-4-10(8-11)15-19-17(26-21-15)20-16(22)13-9-12(27(2,23)24)6-7-14(13)18/h3-9H,1-2H3,(H,19,20,21,22). The lowest BCUT2D eigenvalue weighted by Gasteiger charge is -2.06. The number of aromatic nitrogens is 2. The van der Waals surface area contributed by atoms with Gasteiger partial charge in [-0.15, -0.1) is 0 Å². The van der Waals surface area contributed by atoms with E-state index < -0.39 is 15.7 Å². The van der Waals surface area contributed by atoms with Crippen molar-refractivity contribution in [3.63, 3.8) is 0 Å². The third-order valence-corrected chi connectivity index (χ3v) is 5.66. The van der Waals surface area contributed by atoms with Crippen molar-refractivity contribution in [3.05, 3.63) is 53.1 Å². The van der Waals surface area contributed by atoms with Gasteiger partial charge in [0, 0.05) is 23.4 Å². The molecule has 2 aromatic carbocycles. The molecule has 0 unspecified atom stereocenters. The molecule has 0 radical (unpaired) electrons. The van der Waals surface area contributed by atoms with Gasteiger partial charge in [-0.2, -0.15) is 9.36 Å². The van der Waals surface area contributed by atoms with Crippen LogP contribution >= 0.6 is 23.1 Å². The van der Waals surface area contributed by atoms with Gasteiger partial charge < -0.3 is 4.74 Å². The van der Waals surface area contributed by atoms with E-state index in [9.17, 15) is 13.2 Å². The lowest BCUT2D eigenvalue weighted by atomic mass is 10.2. The third-order valence-electron chi connectivity index (χ3n) is 3.59. The summed E-state index contributed by atoms with van der Waals surface area (Å²) in [7, 11) is -1.90. The predicted octanol–water partition coefficient (Wildman–Crippen LogP) is 3.52. The molecule has 0 spiro atoms. The molecule has 27 heavy (non-hydrogen) atoms. The third kappa shape index (κ3) is 4.44. The summed E-state index contributed by atoms with van der Waals surface area (Å²) < 4.78 is 32.8. The van der Waals surface area contributed by atoms with E-state index in [0.29, 0.717) is 11.6 Å². The van der Waals surface area contributed by atoms with E-state index in [1.165, 1.54) is 18.2 Å². The summed E-state index contributed by atoms with van der Waals surface area (Å²) in [6, 6.07) is 11.2. The second-order valence-corrected chi connectivity index (χ2v) is 8.70. The molecular weight excluding hydrogens is 410 g/mol. The van der Waals surface area contributed by atoms with Gasteiger partial charge in [0.25, 0.3) is 5.91 Å². The van der Waals surface area contributed by atoms with Crippen molar-refractivity contribution in [2.24, 2.45) is 0 Å². The highest BCUT2D eigenvalue weighted by molar-refractivity contribution is 7.90. The fourth-order valence-corrected chi connectivity index (χ4v) is 3.66. The van der Waals surface area contributed by atoms with Gasteiger partial charge in [-0.05, 0) is 30.3 Å². The van der Waals surface area contributed by atoms with Crippen LogP contribution in [0.5, 0.6) is 5.75 Å². The summed E-state index contributed by atoms with van der Waals surface area (Å²) in [5, 5.41) is 2.99. The molecule has 0 saturated heterocycles. The van der Waals surface area contributed by atoms with Crippen LogP contribution in [0.15, 0.2) is 47.4 Å². The Morgan fingerprint density at radius 3 is 2.70 bits per heavy atom. The number of hydrogen-bond acceptors (Lipinski definition) is 7. The number of rotatable bonds is 5. The number of benzene rings is 2. The summed E-state index contributed by atoms with van der Waals surface area (Å²) in [6.45, 7) is 0. The molecule has 1 heterocycles. The molecule has 0 aliphatic heterocycles. The summed E-state index contributed by atoms with van der Waals surface area (Å²) in [5.74, 6) is 0.529. The van der Waals surface area contributed by atoms with Crippen LogP contribution in [0, 0.1) is 0 Å². The van der Waals surface area contributed by atoms with Gasteiger partial charge in [0.1, 0.15) is 5.75 Å². The first-order valence-corrected chi connectivity index (χ1v) is 10.6. The lowest BCUT2D eigenvalue weighted by Crippen LogP contribution is -2.13. The highest BCUT2D eigenvalue weighted by atomic mass is 35.5. The van der Waals surface area contributed by atoms with Crippen LogP contribution in [-0.2, 0) is 9.84 Å². The van der Waals surface area contributed by atoms with Crippen molar-refractivity contribution in [1.82, 2.24) is 9.36 Å². The minimum Gasteiger partial charge on any atom is -0.497 e. The van der Waals surface area contributed by atoms with E-state index in [-0.39, 0.29) is 20.6 Å². The second-order valence-electron chi connectivity index (χ2n) is 5.52. The van der Waals surface area contributed by atoms with E-state index in [1.807, 2.05) is 12.1 Å². The van der Waals surface area contributed by atoms with E-state index >= 15 is 0 Å². The molecule has 140 valence electrons. The molecule has 0 atom stereocenters. The average Bonchev–Trinajstić information content (AvgIpc) is 3.09. The van der Waals surface area contributed by atoms with E-state index in [2.05, 4.69) is 14.7 Å². The van der Waals surface area contributed by atoms with Gasteiger partial charge in [-0.25, -0.2) is 8.42 Å². The highest BCUT2D eigenvalue weighted by Gasteiger charge is 2.17. The molecule has 10 heteroatoms. The van der Waals surface area contributed by atoms with E-state index in [0.717, 1.165) is 23.4 Å². The molecule has 1 N–H and O–H groups in total. The first-order valence-electron chi connectivity index (χ1n) is 7.57. The molecule has 0 aliphatic rings. The van der Waals surface area contributed by atoms with Crippen molar-refractivity contribution in [2.45, 2.75) is 4.90 Å². The molecular formula is C17H14ClN3O4S2. The number of sulfone groups is 1. The zero-order chi connectivity index (χ0) is 19.6. The quantitative estimate of drug-likeness (QED) is 0.674. The highest BCUT2D eigenvalue weighted by Crippen LogP contribution is 2.26. The van der Waals surface area contributed by atoms with Gasteiger partial charge in [0.2, 0.25) is 5.13 Å². The summed E-state index contributed by atoms with van der Waals surface area (Å²) in [6.07, 6.45) is 1.06. The molecule has 0 saturated carbocycles. The number of nitrogens with zero attached hydrogens (tertiary/aromatic N) is 2. The van der Waals surface area contributed by atoms with Gasteiger partial charge in [0.15, 0.2) is 15.7 Å². The second kappa shape index (κ2) is 7.63. The van der Waals surface area contributed by atoms with Crippen LogP contribution in [0.1, 0.15) is 10.4 Å². The molecule has 7 nitrogen and oxygen atoms in total. The summed E-state index contributed by atoms with van der Waals surface area (Å²) in [4.78, 5) is 16.8. The number of anilines is 1. The number of nitrogens with one attached hydrogen (secondary N) is 1. The monoisotopic (exact) mass is 423 g/mol. The molecule has 0 bridgehead atoms. The smallest absolute Gasteiger partial charge is 0.259 e. The molecule has 0 fully saturated rings. The summed E-state index contributed by atoms with van der Waals surface area (Å²) >= 11 is 7.04. The van der Waals surface area contributed by atoms with Crippen LogP contribution in [0.4, 0.5) is 5.13 Å². The first-order chi connectivity index (χ1) is 12.8. The Balaban J connectivity index is 1.84. The average molecular weight is 424 g/mol. The Morgan fingerprint density at radius 2 is 2.00 bits per heavy atom. The topological polar surface area (TPSA) is 98.2 Å². The Kier molecular flexibility index (Phi) is 5.45. The van der Waals surface area contributed by atoms with Gasteiger partial charge in [-0.1, -0.05) is 23.7 Å². The Morgan fingerprint density at radius 1 is 1.22 bits per heavy atom. The van der Waals surface area contributed by atoms with E-state index in [4.69, 9.17) is 16.3 Å². The van der Waals surface area contributed by atoms with Gasteiger partial charge in [0.05, 0.1) is 22.6 Å². The maximum atomic E-state index is 12.5. The van der Waals surface area contributed by atoms with Gasteiger partial charge in [-0.3, -0.25) is 10.1 Å². The fourth-order valence-electron chi connectivity index (χ4n) is 2.23. The van der Waals surface area contributed by atoms with Crippen LogP contribution in [0.3, 0.4) is 0 Å². The van der Waals surface area contributed by atoms with Crippen LogP contribution in [-0.4, -0.2) is 37.0 Å². The van der Waals surface area contributed by atoms with Crippen molar-refractivity contribution >= 4 is 44.0 Å². The predicted molar refractivity (Wildman–Crippen MR) is 104 cm³/mol. The minimum atomic E-state index is -3.46. The number of halogens is 1. The maximum absolute atomic E-state index is 12.5. The largest absolute Gasteiger partial charge is 0.497 e. The molecule has 1 aromatic heterocycles. The normalized spacial score (nSPS) is 11.2. The lowest BCUT2D eigenvalue weighted by molar-refractivity contribution is 0.102. The molecule has 3 aromatic rings. The zero-order valence-electron chi connectivity index (χ0n) is 14.3. The van der Waals surface area contributed by atoms with Crippen molar-refractivity contribution in [3.8, 4) is 17.1 Å². The van der Waals surface area contributed by atoms with Gasteiger partial charge >= 0.3 is 0 Å². The number of methoxy groups -OCH3 is 1. The Labute approximate surface area is 165 Å². The summed E-state index contributed by atoms with van der Waals surface area (Å²) in [5.41, 5.74) is 0.779.